The maximum atomic E-state index is 11.6. The lowest BCUT2D eigenvalue weighted by Gasteiger charge is -2.11. The molecule has 0 aliphatic carbocycles. The molecular formula is C7H13N2O2P. The van der Waals surface area contributed by atoms with Gasteiger partial charge in [0.25, 0.3) is 0 Å². The lowest BCUT2D eigenvalue weighted by molar-refractivity contribution is 0.330. The Morgan fingerprint density at radius 2 is 2.42 bits per heavy atom. The molecule has 1 atom stereocenters. The van der Waals surface area contributed by atoms with E-state index in [9.17, 15) is 4.57 Å². The first kappa shape index (κ1) is 9.49. The molecule has 4 nitrogen and oxygen atoms in total. The van der Waals surface area contributed by atoms with Crippen LogP contribution in [0.15, 0.2) is 18.5 Å². The van der Waals surface area contributed by atoms with Crippen molar-refractivity contribution in [1.82, 2.24) is 9.78 Å². The number of rotatable bonds is 4. The topological polar surface area (TPSA) is 44.1 Å². The summed E-state index contributed by atoms with van der Waals surface area (Å²) in [6.45, 7) is 3.94. The van der Waals surface area contributed by atoms with Gasteiger partial charge in [-0.2, -0.15) is 5.10 Å². The minimum absolute atomic E-state index is 0.355. The third kappa shape index (κ3) is 2.80. The molecule has 0 saturated carbocycles. The highest BCUT2D eigenvalue weighted by atomic mass is 31.2. The lowest BCUT2D eigenvalue weighted by atomic mass is 10.8. The molecule has 1 aromatic heterocycles. The molecule has 0 N–H and O–H groups in total. The largest absolute Gasteiger partial charge is 0.328 e. The van der Waals surface area contributed by atoms with Crippen LogP contribution in [0.4, 0.5) is 0 Å². The van der Waals surface area contributed by atoms with Gasteiger partial charge in [-0.25, -0.2) is 0 Å². The monoisotopic (exact) mass is 188 g/mol. The van der Waals surface area contributed by atoms with Crippen LogP contribution in [0.2, 0.25) is 0 Å². The van der Waals surface area contributed by atoms with Crippen LogP contribution in [0.5, 0.6) is 0 Å². The molecule has 0 saturated heterocycles. The van der Waals surface area contributed by atoms with E-state index in [1.54, 1.807) is 29.8 Å². The molecule has 0 aliphatic rings. The van der Waals surface area contributed by atoms with Gasteiger partial charge < -0.3 is 4.52 Å². The Morgan fingerprint density at radius 3 is 2.92 bits per heavy atom. The summed E-state index contributed by atoms with van der Waals surface area (Å²) < 4.78 is 18.3. The molecule has 1 aromatic rings. The zero-order valence-electron chi connectivity index (χ0n) is 7.30. The fourth-order valence-electron chi connectivity index (χ4n) is 0.961. The molecule has 5 heteroatoms. The van der Waals surface area contributed by atoms with Crippen LogP contribution in [-0.4, -0.2) is 23.1 Å². The van der Waals surface area contributed by atoms with E-state index in [0.717, 1.165) is 0 Å². The Morgan fingerprint density at radius 1 is 1.67 bits per heavy atom. The molecule has 0 spiro atoms. The number of hydrogen-bond donors (Lipinski definition) is 0. The maximum Gasteiger partial charge on any atom is 0.220 e. The van der Waals surface area contributed by atoms with Crippen LogP contribution in [-0.2, 0) is 15.4 Å². The minimum atomic E-state index is -2.48. The van der Waals surface area contributed by atoms with Crippen LogP contribution in [0.1, 0.15) is 6.92 Å². The van der Waals surface area contributed by atoms with Gasteiger partial charge in [-0.1, -0.05) is 0 Å². The average Bonchev–Trinajstić information content (AvgIpc) is 2.38. The lowest BCUT2D eigenvalue weighted by Crippen LogP contribution is -2.01. The van der Waals surface area contributed by atoms with Crippen molar-refractivity contribution in [3.8, 4) is 0 Å². The molecular weight excluding hydrogens is 175 g/mol. The van der Waals surface area contributed by atoms with Crippen molar-refractivity contribution in [3.05, 3.63) is 18.5 Å². The number of aromatic nitrogens is 2. The van der Waals surface area contributed by atoms with Gasteiger partial charge in [0.2, 0.25) is 7.37 Å². The van der Waals surface area contributed by atoms with Crippen molar-refractivity contribution >= 4 is 7.37 Å². The molecule has 0 radical (unpaired) electrons. The van der Waals surface area contributed by atoms with Gasteiger partial charge in [0, 0.05) is 19.1 Å². The second-order valence-corrected chi connectivity index (χ2v) is 5.19. The molecule has 0 aromatic carbocycles. The molecule has 12 heavy (non-hydrogen) atoms. The Hall–Kier alpha value is -0.600. The summed E-state index contributed by atoms with van der Waals surface area (Å²) >= 11 is 0. The quantitative estimate of drug-likeness (QED) is 0.676. The van der Waals surface area contributed by atoms with Crippen LogP contribution in [0.3, 0.4) is 0 Å². The molecule has 1 rings (SSSR count). The highest BCUT2D eigenvalue weighted by Crippen LogP contribution is 2.43. The molecule has 0 aliphatic heterocycles. The first-order valence-corrected chi connectivity index (χ1v) is 6.08. The first-order valence-electron chi connectivity index (χ1n) is 3.82. The van der Waals surface area contributed by atoms with Gasteiger partial charge in [0.1, 0.15) is 6.29 Å². The average molecular weight is 188 g/mol. The van der Waals surface area contributed by atoms with E-state index in [4.69, 9.17) is 4.52 Å². The van der Waals surface area contributed by atoms with E-state index in [-0.39, 0.29) is 0 Å². The predicted molar refractivity (Wildman–Crippen MR) is 47.4 cm³/mol. The van der Waals surface area contributed by atoms with Gasteiger partial charge >= 0.3 is 0 Å². The standard InChI is InChI=1S/C7H13N2O2P/c1-3-11-12(2,10)7-9-6-4-5-8-9/h4-6H,3,7H2,1-2H3. The zero-order chi connectivity index (χ0) is 9.03. The van der Waals surface area contributed by atoms with E-state index in [0.29, 0.717) is 12.9 Å². The third-order valence-electron chi connectivity index (χ3n) is 1.36. The molecule has 0 fully saturated rings. The second kappa shape index (κ2) is 3.87. The van der Waals surface area contributed by atoms with Crippen molar-refractivity contribution < 1.29 is 9.09 Å². The van der Waals surface area contributed by atoms with Crippen molar-refractivity contribution in [3.63, 3.8) is 0 Å². The van der Waals surface area contributed by atoms with E-state index < -0.39 is 7.37 Å². The van der Waals surface area contributed by atoms with Crippen LogP contribution < -0.4 is 0 Å². The maximum absolute atomic E-state index is 11.6. The second-order valence-electron chi connectivity index (χ2n) is 2.62. The van der Waals surface area contributed by atoms with Gasteiger partial charge in [0.15, 0.2) is 0 Å². The molecule has 1 heterocycles. The van der Waals surface area contributed by atoms with Crippen molar-refractivity contribution in [1.29, 1.82) is 0 Å². The summed E-state index contributed by atoms with van der Waals surface area (Å²) in [6, 6.07) is 1.80. The van der Waals surface area contributed by atoms with Gasteiger partial charge in [-0.3, -0.25) is 9.25 Å². The highest BCUT2D eigenvalue weighted by molar-refractivity contribution is 7.57. The van der Waals surface area contributed by atoms with E-state index >= 15 is 0 Å². The smallest absolute Gasteiger partial charge is 0.220 e. The van der Waals surface area contributed by atoms with Gasteiger partial charge in [0.05, 0.1) is 6.61 Å². The Kier molecular flexibility index (Phi) is 3.06. The predicted octanol–water partition coefficient (Wildman–Crippen LogP) is 1.78. The summed E-state index contributed by atoms with van der Waals surface area (Å²) in [5, 5.41) is 3.95. The zero-order valence-corrected chi connectivity index (χ0v) is 8.20. The summed E-state index contributed by atoms with van der Waals surface area (Å²) in [7, 11) is -2.48. The van der Waals surface area contributed by atoms with E-state index in [2.05, 4.69) is 5.10 Å². The van der Waals surface area contributed by atoms with Crippen LogP contribution >= 0.6 is 7.37 Å². The number of nitrogens with zero attached hydrogens (tertiary/aromatic N) is 2. The Bertz CT molecular complexity index is 271. The third-order valence-corrected chi connectivity index (χ3v) is 2.97. The van der Waals surface area contributed by atoms with Crippen LogP contribution in [0.25, 0.3) is 0 Å². The van der Waals surface area contributed by atoms with E-state index in [1.807, 2.05) is 6.92 Å². The molecule has 68 valence electrons. The molecule has 1 unspecified atom stereocenters. The highest BCUT2D eigenvalue weighted by Gasteiger charge is 2.15. The van der Waals surface area contributed by atoms with Gasteiger partial charge in [-0.15, -0.1) is 0 Å². The van der Waals surface area contributed by atoms with Crippen molar-refractivity contribution in [2.75, 3.05) is 13.3 Å². The Balaban J connectivity index is 2.56. The fourth-order valence-corrected chi connectivity index (χ4v) is 2.28. The molecule has 0 amide bonds. The fraction of sp³-hybridized carbons (Fsp3) is 0.571. The SMILES string of the molecule is CCOP(C)(=O)Cn1cccn1. The minimum Gasteiger partial charge on any atom is -0.328 e. The molecule has 0 bridgehead atoms. The van der Waals surface area contributed by atoms with E-state index in [1.165, 1.54) is 0 Å². The van der Waals surface area contributed by atoms with Crippen molar-refractivity contribution in [2.45, 2.75) is 13.2 Å². The first-order chi connectivity index (χ1) is 5.64. The van der Waals surface area contributed by atoms with Crippen LogP contribution in [0, 0.1) is 0 Å². The normalized spacial score (nSPS) is 15.8. The summed E-state index contributed by atoms with van der Waals surface area (Å²) in [6.07, 6.45) is 3.79. The van der Waals surface area contributed by atoms with Gasteiger partial charge in [-0.05, 0) is 13.0 Å². The van der Waals surface area contributed by atoms with Crippen molar-refractivity contribution in [2.24, 2.45) is 0 Å². The summed E-state index contributed by atoms with van der Waals surface area (Å²) in [4.78, 5) is 0. The Labute approximate surface area is 72.0 Å². The summed E-state index contributed by atoms with van der Waals surface area (Å²) in [5.41, 5.74) is 0. The summed E-state index contributed by atoms with van der Waals surface area (Å²) in [5.74, 6) is 0. The number of hydrogen-bond acceptors (Lipinski definition) is 3.